The number of rotatable bonds is 5. The molecular weight excluding hydrogens is 337 g/mol. The van der Waals surface area contributed by atoms with Crippen molar-refractivity contribution in [2.75, 3.05) is 26.2 Å². The Labute approximate surface area is 133 Å². The summed E-state index contributed by atoms with van der Waals surface area (Å²) in [5.41, 5.74) is 0.625. The quantitative estimate of drug-likeness (QED) is 0.845. The highest BCUT2D eigenvalue weighted by Crippen LogP contribution is 2.27. The molecule has 9 heteroatoms. The van der Waals surface area contributed by atoms with Crippen LogP contribution in [-0.4, -0.2) is 45.5 Å². The van der Waals surface area contributed by atoms with Gasteiger partial charge in [0.15, 0.2) is 0 Å². The summed E-state index contributed by atoms with van der Waals surface area (Å²) in [6, 6.07) is 2.64. The van der Waals surface area contributed by atoms with Gasteiger partial charge in [-0.05, 0) is 24.6 Å². The Hall–Kier alpha value is -1.02. The van der Waals surface area contributed by atoms with Crippen LogP contribution >= 0.6 is 23.2 Å². The first kappa shape index (κ1) is 16.4. The highest BCUT2D eigenvalue weighted by Gasteiger charge is 2.22. The maximum absolute atomic E-state index is 12.2. The normalized spacial score (nSPS) is 15.4. The molecule has 0 aliphatic carbocycles. The average molecular weight is 352 g/mol. The van der Waals surface area contributed by atoms with E-state index in [-0.39, 0.29) is 22.5 Å². The van der Waals surface area contributed by atoms with Gasteiger partial charge < -0.3 is 10.2 Å². The van der Waals surface area contributed by atoms with Crippen LogP contribution in [0.4, 0.5) is 4.79 Å². The lowest BCUT2D eigenvalue weighted by Gasteiger charge is -2.15. The minimum atomic E-state index is -3.74. The van der Waals surface area contributed by atoms with Gasteiger partial charge in [-0.2, -0.15) is 0 Å². The third-order valence-electron chi connectivity index (χ3n) is 3.12. The Morgan fingerprint density at radius 1 is 1.33 bits per heavy atom. The van der Waals surface area contributed by atoms with Crippen LogP contribution in [0.2, 0.25) is 10.0 Å². The van der Waals surface area contributed by atoms with E-state index in [0.29, 0.717) is 30.2 Å². The molecule has 1 fully saturated rings. The molecule has 6 nitrogen and oxygen atoms in total. The third kappa shape index (κ3) is 3.79. The largest absolute Gasteiger partial charge is 0.336 e. The molecule has 1 aliphatic heterocycles. The molecule has 0 spiro atoms. The number of benzene rings is 1. The van der Waals surface area contributed by atoms with Gasteiger partial charge in [-0.3, -0.25) is 0 Å². The zero-order valence-electron chi connectivity index (χ0n) is 11.3. The Morgan fingerprint density at radius 2 is 2.05 bits per heavy atom. The van der Waals surface area contributed by atoms with E-state index in [4.69, 9.17) is 23.2 Å². The second-order valence-electron chi connectivity index (χ2n) is 4.65. The number of carbonyl (C=O) groups is 1. The molecular formula is C12H15Cl2N3O3S. The molecule has 2 N–H and O–H groups in total. The predicted octanol–water partition coefficient (Wildman–Crippen LogP) is 1.61. The number of amides is 2. The van der Waals surface area contributed by atoms with E-state index in [9.17, 15) is 13.2 Å². The standard InChI is InChI=1S/C12H15Cl2N3O3S/c1-8-6-11(10(14)7-9(8)13)21(19,20)16-3-5-17-4-2-15-12(17)18/h6-7,16H,2-5H2,1H3,(H,15,18). The molecule has 2 rings (SSSR count). The van der Waals surface area contributed by atoms with Gasteiger partial charge in [0.25, 0.3) is 0 Å². The fourth-order valence-corrected chi connectivity index (χ4v) is 3.80. The molecule has 1 heterocycles. The summed E-state index contributed by atoms with van der Waals surface area (Å²) in [6.07, 6.45) is 0. The maximum Gasteiger partial charge on any atom is 0.317 e. The summed E-state index contributed by atoms with van der Waals surface area (Å²) in [4.78, 5) is 12.9. The smallest absolute Gasteiger partial charge is 0.317 e. The maximum atomic E-state index is 12.2. The van der Waals surface area contributed by atoms with Crippen LogP contribution in [0.3, 0.4) is 0 Å². The van der Waals surface area contributed by atoms with Crippen LogP contribution in [0.5, 0.6) is 0 Å². The highest BCUT2D eigenvalue weighted by molar-refractivity contribution is 7.89. The van der Waals surface area contributed by atoms with E-state index in [0.717, 1.165) is 0 Å². The summed E-state index contributed by atoms with van der Waals surface area (Å²) >= 11 is 11.8. The fourth-order valence-electron chi connectivity index (χ4n) is 1.95. The zero-order chi connectivity index (χ0) is 15.6. The van der Waals surface area contributed by atoms with Crippen LogP contribution in [0.25, 0.3) is 0 Å². The van der Waals surface area contributed by atoms with Gasteiger partial charge >= 0.3 is 6.03 Å². The molecule has 0 atom stereocenters. The second kappa shape index (κ2) is 6.39. The first-order chi connectivity index (χ1) is 9.81. The number of hydrogen-bond acceptors (Lipinski definition) is 3. The van der Waals surface area contributed by atoms with Crippen molar-refractivity contribution in [3.05, 3.63) is 27.7 Å². The van der Waals surface area contributed by atoms with Crippen molar-refractivity contribution in [3.63, 3.8) is 0 Å². The van der Waals surface area contributed by atoms with Gasteiger partial charge in [-0.25, -0.2) is 17.9 Å². The van der Waals surface area contributed by atoms with Gasteiger partial charge in [0, 0.05) is 31.2 Å². The molecule has 1 aromatic carbocycles. The minimum Gasteiger partial charge on any atom is -0.336 e. The molecule has 0 radical (unpaired) electrons. The lowest BCUT2D eigenvalue weighted by atomic mass is 10.2. The van der Waals surface area contributed by atoms with E-state index in [1.165, 1.54) is 17.0 Å². The highest BCUT2D eigenvalue weighted by atomic mass is 35.5. The Balaban J connectivity index is 2.05. The topological polar surface area (TPSA) is 78.5 Å². The van der Waals surface area contributed by atoms with E-state index >= 15 is 0 Å². The first-order valence-electron chi connectivity index (χ1n) is 6.29. The number of nitrogens with zero attached hydrogens (tertiary/aromatic N) is 1. The SMILES string of the molecule is Cc1cc(S(=O)(=O)NCCN2CCNC2=O)c(Cl)cc1Cl. The molecule has 21 heavy (non-hydrogen) atoms. The number of urea groups is 1. The summed E-state index contributed by atoms with van der Waals surface area (Å²) < 4.78 is 26.9. The van der Waals surface area contributed by atoms with Gasteiger partial charge in [0.1, 0.15) is 4.90 Å². The van der Waals surface area contributed by atoms with E-state index in [1.807, 2.05) is 0 Å². The summed E-state index contributed by atoms with van der Waals surface area (Å²) in [7, 11) is -3.74. The third-order valence-corrected chi connectivity index (χ3v) is 5.45. The molecule has 0 saturated carbocycles. The molecule has 1 aliphatic rings. The average Bonchev–Trinajstić information content (AvgIpc) is 2.79. The van der Waals surface area contributed by atoms with E-state index < -0.39 is 10.0 Å². The Bertz CT molecular complexity index is 664. The molecule has 1 aromatic rings. The number of halogens is 2. The van der Waals surface area contributed by atoms with Gasteiger partial charge in [-0.1, -0.05) is 23.2 Å². The number of sulfonamides is 1. The zero-order valence-corrected chi connectivity index (χ0v) is 13.6. The van der Waals surface area contributed by atoms with Gasteiger partial charge in [-0.15, -0.1) is 0 Å². The van der Waals surface area contributed by atoms with Crippen LogP contribution in [0.1, 0.15) is 5.56 Å². The second-order valence-corrected chi connectivity index (χ2v) is 7.20. The van der Waals surface area contributed by atoms with Crippen molar-refractivity contribution < 1.29 is 13.2 Å². The summed E-state index contributed by atoms with van der Waals surface area (Å²) in [5.74, 6) is 0. The first-order valence-corrected chi connectivity index (χ1v) is 8.53. The van der Waals surface area contributed by atoms with Crippen molar-refractivity contribution in [2.45, 2.75) is 11.8 Å². The fraction of sp³-hybridized carbons (Fsp3) is 0.417. The molecule has 0 bridgehead atoms. The number of hydrogen-bond donors (Lipinski definition) is 2. The number of nitrogens with one attached hydrogen (secondary N) is 2. The van der Waals surface area contributed by atoms with Crippen molar-refractivity contribution in [3.8, 4) is 0 Å². The van der Waals surface area contributed by atoms with E-state index in [2.05, 4.69) is 10.0 Å². The van der Waals surface area contributed by atoms with Crippen molar-refractivity contribution in [1.82, 2.24) is 14.9 Å². The van der Waals surface area contributed by atoms with Crippen LogP contribution < -0.4 is 10.0 Å². The molecule has 1 saturated heterocycles. The Kier molecular flexibility index (Phi) is 4.98. The van der Waals surface area contributed by atoms with Crippen molar-refractivity contribution in [1.29, 1.82) is 0 Å². The van der Waals surface area contributed by atoms with Gasteiger partial charge in [0.2, 0.25) is 10.0 Å². The van der Waals surface area contributed by atoms with E-state index in [1.54, 1.807) is 6.92 Å². The van der Waals surface area contributed by atoms with Crippen LogP contribution in [-0.2, 0) is 10.0 Å². The number of aryl methyl sites for hydroxylation is 1. The lowest BCUT2D eigenvalue weighted by molar-refractivity contribution is 0.218. The molecule has 2 amide bonds. The number of carbonyl (C=O) groups excluding carboxylic acids is 1. The molecule has 0 aromatic heterocycles. The van der Waals surface area contributed by atoms with Gasteiger partial charge in [0.05, 0.1) is 5.02 Å². The molecule has 116 valence electrons. The summed E-state index contributed by atoms with van der Waals surface area (Å²) in [6.45, 7) is 3.27. The lowest BCUT2D eigenvalue weighted by Crippen LogP contribution is -2.36. The summed E-state index contributed by atoms with van der Waals surface area (Å²) in [5, 5.41) is 3.12. The predicted molar refractivity (Wildman–Crippen MR) is 81.4 cm³/mol. The van der Waals surface area contributed by atoms with Crippen LogP contribution in [0.15, 0.2) is 17.0 Å². The van der Waals surface area contributed by atoms with Crippen LogP contribution in [0, 0.1) is 6.92 Å². The van der Waals surface area contributed by atoms with Crippen molar-refractivity contribution in [2.24, 2.45) is 0 Å². The monoisotopic (exact) mass is 351 g/mol. The molecule has 0 unspecified atom stereocenters. The Morgan fingerprint density at radius 3 is 2.67 bits per heavy atom. The minimum absolute atomic E-state index is 0.0167. The van der Waals surface area contributed by atoms with Crippen molar-refractivity contribution >= 4 is 39.3 Å².